The molecule has 0 atom stereocenters. The SMILES string of the molecule is c1ccc(-n2ccc(CNc3nnc(C4CC4)o3)n2)cc1. The third kappa shape index (κ3) is 2.65. The summed E-state index contributed by atoms with van der Waals surface area (Å²) in [6, 6.07) is 12.4. The predicted molar refractivity (Wildman–Crippen MR) is 77.2 cm³/mol. The summed E-state index contributed by atoms with van der Waals surface area (Å²) in [5.74, 6) is 1.22. The quantitative estimate of drug-likeness (QED) is 0.778. The van der Waals surface area contributed by atoms with E-state index in [9.17, 15) is 0 Å². The van der Waals surface area contributed by atoms with Crippen LogP contribution < -0.4 is 5.32 Å². The lowest BCUT2D eigenvalue weighted by atomic mass is 10.3. The van der Waals surface area contributed by atoms with Crippen molar-refractivity contribution in [3.63, 3.8) is 0 Å². The minimum absolute atomic E-state index is 0.464. The molecule has 0 aliphatic heterocycles. The smallest absolute Gasteiger partial charge is 0.315 e. The lowest BCUT2D eigenvalue weighted by Crippen LogP contribution is -2.02. The first-order valence-electron chi connectivity index (χ1n) is 7.06. The number of benzene rings is 1. The Labute approximate surface area is 121 Å². The lowest BCUT2D eigenvalue weighted by Gasteiger charge is -2.00. The van der Waals surface area contributed by atoms with Crippen molar-refractivity contribution in [1.29, 1.82) is 0 Å². The van der Waals surface area contributed by atoms with E-state index < -0.39 is 0 Å². The van der Waals surface area contributed by atoms with Gasteiger partial charge in [0, 0.05) is 12.1 Å². The van der Waals surface area contributed by atoms with Crippen LogP contribution >= 0.6 is 0 Å². The second kappa shape index (κ2) is 5.05. The average molecular weight is 281 g/mol. The number of nitrogens with zero attached hydrogens (tertiary/aromatic N) is 4. The predicted octanol–water partition coefficient (Wildman–Crippen LogP) is 2.74. The zero-order valence-corrected chi connectivity index (χ0v) is 11.4. The van der Waals surface area contributed by atoms with Crippen LogP contribution in [0.3, 0.4) is 0 Å². The van der Waals surface area contributed by atoms with E-state index in [1.807, 2.05) is 47.3 Å². The Morgan fingerprint density at radius 3 is 2.81 bits per heavy atom. The summed E-state index contributed by atoms with van der Waals surface area (Å²) in [6.07, 6.45) is 4.25. The molecule has 21 heavy (non-hydrogen) atoms. The van der Waals surface area contributed by atoms with Gasteiger partial charge in [0.1, 0.15) is 0 Å². The average Bonchev–Trinajstić information content (AvgIpc) is 3.09. The molecule has 1 fully saturated rings. The maximum atomic E-state index is 5.55. The summed E-state index contributed by atoms with van der Waals surface area (Å²) in [5.41, 5.74) is 1.96. The number of hydrogen-bond acceptors (Lipinski definition) is 5. The molecule has 6 nitrogen and oxygen atoms in total. The Morgan fingerprint density at radius 1 is 1.14 bits per heavy atom. The van der Waals surface area contributed by atoms with Gasteiger partial charge in [0.05, 0.1) is 17.9 Å². The fraction of sp³-hybridized carbons (Fsp3) is 0.267. The molecule has 1 saturated carbocycles. The topological polar surface area (TPSA) is 68.8 Å². The van der Waals surface area contributed by atoms with Crippen molar-refractivity contribution in [2.45, 2.75) is 25.3 Å². The molecule has 0 radical (unpaired) electrons. The Hall–Kier alpha value is -2.63. The van der Waals surface area contributed by atoms with Crippen molar-refractivity contribution in [2.75, 3.05) is 5.32 Å². The third-order valence-corrected chi connectivity index (χ3v) is 3.45. The van der Waals surface area contributed by atoms with Crippen molar-refractivity contribution < 1.29 is 4.42 Å². The second-order valence-corrected chi connectivity index (χ2v) is 5.16. The number of rotatable bonds is 5. The van der Waals surface area contributed by atoms with Crippen LogP contribution in [-0.2, 0) is 6.54 Å². The Kier molecular flexibility index (Phi) is 2.92. The van der Waals surface area contributed by atoms with Crippen LogP contribution in [0.4, 0.5) is 6.01 Å². The fourth-order valence-electron chi connectivity index (χ4n) is 2.15. The molecular weight excluding hydrogens is 266 g/mol. The number of hydrogen-bond donors (Lipinski definition) is 1. The Balaban J connectivity index is 1.41. The number of para-hydroxylation sites is 1. The largest absolute Gasteiger partial charge is 0.408 e. The summed E-state index contributed by atoms with van der Waals surface area (Å²) >= 11 is 0. The molecule has 2 heterocycles. The molecule has 2 aromatic heterocycles. The molecule has 0 amide bonds. The normalized spacial score (nSPS) is 14.3. The maximum absolute atomic E-state index is 5.55. The summed E-state index contributed by atoms with van der Waals surface area (Å²) in [4.78, 5) is 0. The summed E-state index contributed by atoms with van der Waals surface area (Å²) in [7, 11) is 0. The summed E-state index contributed by atoms with van der Waals surface area (Å²) in [6.45, 7) is 0.562. The van der Waals surface area contributed by atoms with E-state index in [2.05, 4.69) is 20.6 Å². The van der Waals surface area contributed by atoms with E-state index in [0.717, 1.165) is 30.1 Å². The van der Waals surface area contributed by atoms with Gasteiger partial charge in [-0.2, -0.15) is 5.10 Å². The van der Waals surface area contributed by atoms with E-state index >= 15 is 0 Å². The molecule has 1 N–H and O–H groups in total. The molecule has 1 aromatic carbocycles. The minimum atomic E-state index is 0.464. The van der Waals surface area contributed by atoms with Gasteiger partial charge in [-0.3, -0.25) is 0 Å². The van der Waals surface area contributed by atoms with Gasteiger partial charge in [0.25, 0.3) is 0 Å². The van der Waals surface area contributed by atoms with Gasteiger partial charge in [0.2, 0.25) is 5.89 Å². The van der Waals surface area contributed by atoms with E-state index in [1.54, 1.807) is 0 Å². The minimum Gasteiger partial charge on any atom is -0.408 e. The van der Waals surface area contributed by atoms with E-state index in [1.165, 1.54) is 0 Å². The number of anilines is 1. The number of aromatic nitrogens is 4. The fourth-order valence-corrected chi connectivity index (χ4v) is 2.15. The van der Waals surface area contributed by atoms with Crippen LogP contribution in [0.25, 0.3) is 5.69 Å². The molecule has 106 valence electrons. The highest BCUT2D eigenvalue weighted by molar-refractivity contribution is 5.31. The molecule has 3 aromatic rings. The van der Waals surface area contributed by atoms with Crippen LogP contribution in [0.15, 0.2) is 47.0 Å². The second-order valence-electron chi connectivity index (χ2n) is 5.16. The van der Waals surface area contributed by atoms with Gasteiger partial charge in [0.15, 0.2) is 0 Å². The lowest BCUT2D eigenvalue weighted by molar-refractivity contribution is 0.506. The van der Waals surface area contributed by atoms with Crippen LogP contribution in [0, 0.1) is 0 Å². The van der Waals surface area contributed by atoms with Crippen LogP contribution in [-0.4, -0.2) is 20.0 Å². The van der Waals surface area contributed by atoms with Gasteiger partial charge in [-0.15, -0.1) is 5.10 Å². The molecule has 0 unspecified atom stereocenters. The van der Waals surface area contributed by atoms with E-state index in [-0.39, 0.29) is 0 Å². The van der Waals surface area contributed by atoms with Gasteiger partial charge < -0.3 is 9.73 Å². The zero-order chi connectivity index (χ0) is 14.1. The molecule has 0 spiro atoms. The van der Waals surface area contributed by atoms with Gasteiger partial charge in [-0.1, -0.05) is 23.3 Å². The molecule has 6 heteroatoms. The summed E-state index contributed by atoms with van der Waals surface area (Å²) < 4.78 is 7.40. The molecule has 1 aliphatic rings. The highest BCUT2D eigenvalue weighted by Gasteiger charge is 2.29. The maximum Gasteiger partial charge on any atom is 0.315 e. The standard InChI is InChI=1S/C15H15N5O/c1-2-4-13(5-3-1)20-9-8-12(19-20)10-16-15-18-17-14(21-15)11-6-7-11/h1-5,8-9,11H,6-7,10H2,(H,16,18). The van der Waals surface area contributed by atoms with Crippen LogP contribution in [0.5, 0.6) is 0 Å². The van der Waals surface area contributed by atoms with Gasteiger partial charge in [-0.25, -0.2) is 4.68 Å². The molecule has 0 saturated heterocycles. The Morgan fingerprint density at radius 2 is 2.00 bits per heavy atom. The highest BCUT2D eigenvalue weighted by atomic mass is 16.4. The van der Waals surface area contributed by atoms with Crippen molar-refractivity contribution in [1.82, 2.24) is 20.0 Å². The molecule has 4 rings (SSSR count). The van der Waals surface area contributed by atoms with E-state index in [4.69, 9.17) is 4.42 Å². The number of nitrogens with one attached hydrogen (secondary N) is 1. The third-order valence-electron chi connectivity index (χ3n) is 3.45. The van der Waals surface area contributed by atoms with Gasteiger partial charge >= 0.3 is 6.01 Å². The monoisotopic (exact) mass is 281 g/mol. The molecular formula is C15H15N5O. The van der Waals surface area contributed by atoms with Crippen molar-refractivity contribution in [2.24, 2.45) is 0 Å². The van der Waals surface area contributed by atoms with Gasteiger partial charge in [-0.05, 0) is 31.0 Å². The first-order valence-corrected chi connectivity index (χ1v) is 7.06. The highest BCUT2D eigenvalue weighted by Crippen LogP contribution is 2.39. The first-order chi connectivity index (χ1) is 10.4. The van der Waals surface area contributed by atoms with Crippen molar-refractivity contribution in [3.05, 3.63) is 54.2 Å². The molecule has 0 bridgehead atoms. The van der Waals surface area contributed by atoms with Crippen LogP contribution in [0.1, 0.15) is 30.3 Å². The zero-order valence-electron chi connectivity index (χ0n) is 11.4. The summed E-state index contributed by atoms with van der Waals surface area (Å²) in [5, 5.41) is 15.7. The Bertz CT molecular complexity index is 729. The van der Waals surface area contributed by atoms with Crippen molar-refractivity contribution >= 4 is 6.01 Å². The van der Waals surface area contributed by atoms with Crippen molar-refractivity contribution in [3.8, 4) is 5.69 Å². The van der Waals surface area contributed by atoms with E-state index in [0.29, 0.717) is 18.5 Å². The first kappa shape index (κ1) is 12.1. The van der Waals surface area contributed by atoms with Crippen LogP contribution in [0.2, 0.25) is 0 Å². The molecule has 1 aliphatic carbocycles.